The number of nitrogens with zero attached hydrogens (tertiary/aromatic N) is 14. The molecule has 4 heterocycles. The number of azo groups is 4. The topological polar surface area (TPSA) is 652 Å². The first-order valence-electron chi connectivity index (χ1n) is 34.2. The molecule has 0 saturated carbocycles. The van der Waals surface area contributed by atoms with Gasteiger partial charge in [-0.1, -0.05) is 71.2 Å². The molecule has 0 aliphatic rings. The van der Waals surface area contributed by atoms with Gasteiger partial charge in [-0.15, -0.1) is 31.8 Å². The smallest absolute Gasteiger partial charge is 0.744 e. The Balaban J connectivity index is 0.00000224. The van der Waals surface area contributed by atoms with Crippen LogP contribution in [-0.2, 0) is 83.6 Å². The summed E-state index contributed by atoms with van der Waals surface area (Å²) in [4.78, 5) is 88.7. The number of rotatable bonds is 23. The maximum absolute atomic E-state index is 11.6. The number of hydrogen-bond donors (Lipinski definition) is 5. The molecule has 0 fully saturated rings. The van der Waals surface area contributed by atoms with Gasteiger partial charge in [-0.2, -0.15) is 64.4 Å². The van der Waals surface area contributed by atoms with Crippen molar-refractivity contribution < 1.29 is 246 Å². The first-order chi connectivity index (χ1) is 60.1. The van der Waals surface area contributed by atoms with Gasteiger partial charge in [0.15, 0.2) is 33.3 Å². The van der Waals surface area contributed by atoms with Gasteiger partial charge in [-0.3, -0.25) is 39.3 Å². The van der Waals surface area contributed by atoms with Gasteiger partial charge in [0.05, 0.1) is 30.7 Å². The molecule has 0 bridgehead atoms. The van der Waals surface area contributed by atoms with Gasteiger partial charge in [0.1, 0.15) is 86.3 Å². The molecule has 0 atom stereocenters. The SMILES string of the molecule is CC(=O)Nc1ccc(-c2c(N=Nc3c[c-]c[c-]c3)sc(N=Nc3c(Nc4ccc(S(=O)(=O)[O-])cc4)nc(Nc4ccc(S(=O)(=O)[O-])cc4)c(C#N)c3C)c2C#N)cc1.Cc1c(C#N)c(Nc2ccc(S(=O)(=O)[O-])cc2)nc(Nc2ccc(S(=O)(=O)[O-])cc2)c1N=Nc1nc(-c2ccc3ccccc3c2)c(N=Nc2c[c-]c[c-]c2)s1.O=C=O.O=C=O.O=C=O.O=C=O.[Li+].[Li+].[Li+].[Li+].[Li+].[Li+].[Li+].[Li+]. The van der Waals surface area contributed by atoms with Gasteiger partial charge < -0.3 is 81.2 Å². The number of pyridine rings is 2. The van der Waals surface area contributed by atoms with Crippen molar-refractivity contribution in [3.63, 3.8) is 0 Å². The molecule has 13 rings (SSSR count). The maximum atomic E-state index is 11.6. The molecule has 9 aromatic carbocycles. The maximum Gasteiger partial charge on any atom is 1.00 e. The quantitative estimate of drug-likeness (QED) is 0.0172. The molecule has 0 saturated heterocycles. The average molecular weight is 1860 g/mol. The summed E-state index contributed by atoms with van der Waals surface area (Å²) in [5, 5.41) is 83.9. The van der Waals surface area contributed by atoms with Gasteiger partial charge in [0, 0.05) is 57.6 Å². The van der Waals surface area contributed by atoms with Crippen LogP contribution in [0.15, 0.2) is 261 Å². The summed E-state index contributed by atoms with van der Waals surface area (Å²) in [7, 11) is -18.9. The number of nitrogens with one attached hydrogen (secondary N) is 5. The number of fused-ring (bicyclic) bond motifs is 1. The Morgan fingerprint density at radius 3 is 1.04 bits per heavy atom. The molecule has 54 heteroatoms. The molecule has 0 radical (unpaired) electrons. The van der Waals surface area contributed by atoms with Crippen LogP contribution in [0.4, 0.5) is 94.6 Å². The zero-order valence-corrected chi connectivity index (χ0v) is 76.7. The molecule has 632 valence electrons. The van der Waals surface area contributed by atoms with Crippen LogP contribution in [0.1, 0.15) is 34.7 Å². The van der Waals surface area contributed by atoms with Crippen molar-refractivity contribution in [2.45, 2.75) is 40.4 Å². The summed E-state index contributed by atoms with van der Waals surface area (Å²) < 4.78 is 138. The number of benzene rings is 9. The zero-order chi connectivity index (χ0) is 91.9. The minimum Gasteiger partial charge on any atom is -0.744 e. The van der Waals surface area contributed by atoms with Gasteiger partial charge in [0.25, 0.3) is 0 Å². The Kier molecular flexibility index (Phi) is 53.4. The fourth-order valence-electron chi connectivity index (χ4n) is 10.6. The van der Waals surface area contributed by atoms with Crippen molar-refractivity contribution in [3.05, 3.63) is 252 Å². The molecule has 134 heavy (non-hydrogen) atoms. The second-order valence-corrected chi connectivity index (χ2v) is 31.5. The molecule has 0 aliphatic carbocycles. The van der Waals surface area contributed by atoms with E-state index >= 15 is 0 Å². The number of thiophene rings is 1. The van der Waals surface area contributed by atoms with E-state index in [9.17, 15) is 72.5 Å². The van der Waals surface area contributed by atoms with E-state index in [1.54, 1.807) is 74.5 Å². The predicted octanol–water partition coefficient (Wildman–Crippen LogP) is -8.49. The Labute approximate surface area is 867 Å². The summed E-state index contributed by atoms with van der Waals surface area (Å²) >= 11 is 2.11. The number of aromatic nitrogens is 3. The number of amides is 1. The Morgan fingerprint density at radius 2 is 0.694 bits per heavy atom. The van der Waals surface area contributed by atoms with E-state index in [-0.39, 0.29) is 265 Å². The number of hydrogen-bond acceptors (Lipinski definition) is 41. The van der Waals surface area contributed by atoms with Crippen LogP contribution in [0.25, 0.3) is 33.2 Å². The average Bonchev–Trinajstić information content (AvgIpc) is 1.64. The van der Waals surface area contributed by atoms with E-state index < -0.39 is 60.1 Å². The molecule has 4 aromatic heterocycles. The number of carbonyl (C=O) groups excluding carboxylic acids is 9. The second-order valence-electron chi connectivity index (χ2n) is 24.0. The van der Waals surface area contributed by atoms with E-state index in [0.717, 1.165) is 87.5 Å². The summed E-state index contributed by atoms with van der Waals surface area (Å²) in [6, 6.07) is 67.5. The van der Waals surface area contributed by atoms with Crippen molar-refractivity contribution in [1.29, 1.82) is 15.8 Å². The number of thiazole rings is 1. The standard InChI is InChI=1S/C38H26N10O7S3.C38H25N9O6S3.4CO2.8Li/c1-22-31(20-39)35(42-26-12-16-29(17-13-26)57(50,51)52)44-36(43-27-14-18-30(19-15-27)58(53,54)55)34(22)46-47-37-32(21-40)33(24-8-10-25(11-9-24)41-23(2)49)38(56-37)48-45-28-6-4-3-5-7-28;1-23-32(22-39)35(40-27-13-17-30(18-14-27)55(48,49)50)43-36(41-28-15-19-31(20-16-28)56(51,52)53)33(23)45-47-38-42-34(26-12-11-24-7-5-6-8-25(24)21-26)37(54-38)46-44-29-9-3-2-4-10-29;4*2-1-3;;;;;;;;/h3,6-19H,1-2H3,(H,41,49)(H2,42,43,44)(H,50,51,52)(H,53,54,55);2,5-21H,1H3,(H2,40,41,43)(H,48,49,50)(H,51,52,53);;;;;;;;;;;;/q2*-2;;;;;8*+1/p-4. The van der Waals surface area contributed by atoms with E-state index in [1.807, 2.05) is 42.5 Å². The van der Waals surface area contributed by atoms with Crippen LogP contribution in [-0.4, -0.2) is 97.3 Å². The molecule has 0 spiro atoms. The van der Waals surface area contributed by atoms with Crippen LogP contribution in [0, 0.1) is 72.1 Å². The molecule has 13 aromatic rings. The molecule has 0 unspecified atom stereocenters. The molecular formula is C80H47Li8N19O21S6. The third-order valence-electron chi connectivity index (χ3n) is 16.0. The minimum atomic E-state index is -4.75. The predicted molar refractivity (Wildman–Crippen MR) is 437 cm³/mol. The number of carbonyl (C=O) groups is 1. The third-order valence-corrected chi connectivity index (χ3v) is 21.2. The van der Waals surface area contributed by atoms with Crippen molar-refractivity contribution in [2.24, 2.45) is 40.9 Å². The Hall–Kier alpha value is -11.7. The molecular weight excluding hydrogens is 1810 g/mol. The molecule has 5 N–H and O–H groups in total. The minimum absolute atomic E-state index is 0. The van der Waals surface area contributed by atoms with Crippen LogP contribution >= 0.6 is 22.7 Å². The first-order valence-corrected chi connectivity index (χ1v) is 41.5. The molecule has 1 amide bonds. The van der Waals surface area contributed by atoms with Crippen LogP contribution in [0.2, 0.25) is 0 Å². The fraction of sp³-hybridized carbons (Fsp3) is 0.0375. The number of nitriles is 3. The van der Waals surface area contributed by atoms with Gasteiger partial charge in [-0.25, -0.2) is 48.6 Å². The first kappa shape index (κ1) is 122. The number of anilines is 9. The van der Waals surface area contributed by atoms with E-state index in [4.69, 9.17) is 43.3 Å². The van der Waals surface area contributed by atoms with Crippen molar-refractivity contribution in [2.75, 3.05) is 26.6 Å². The van der Waals surface area contributed by atoms with E-state index in [1.165, 1.54) is 55.5 Å². The third kappa shape index (κ3) is 35.3. The second kappa shape index (κ2) is 58.5. The van der Waals surface area contributed by atoms with Gasteiger partial charge in [-0.05, 0) is 145 Å². The van der Waals surface area contributed by atoms with Crippen molar-refractivity contribution >= 4 is 199 Å². The van der Waals surface area contributed by atoms with Crippen LogP contribution in [0.3, 0.4) is 0 Å². The summed E-state index contributed by atoms with van der Waals surface area (Å²) in [5.74, 6) is -0.202. The van der Waals surface area contributed by atoms with Crippen molar-refractivity contribution in [1.82, 2.24) is 15.0 Å². The van der Waals surface area contributed by atoms with Crippen LogP contribution < -0.4 is 177 Å². The summed E-state index contributed by atoms with van der Waals surface area (Å²) in [5.41, 5.74) is 5.63. The molecule has 40 nitrogen and oxygen atoms in total. The van der Waals surface area contributed by atoms with E-state index in [2.05, 4.69) is 120 Å². The molecule has 0 aliphatic heterocycles. The van der Waals surface area contributed by atoms with Crippen LogP contribution in [0.5, 0.6) is 0 Å². The Bertz CT molecular complexity index is 7110. The normalized spacial score (nSPS) is 10.3. The summed E-state index contributed by atoms with van der Waals surface area (Å²) in [6.07, 6.45) is 1.00. The fourth-order valence-corrected chi connectivity index (χ4v) is 14.1. The van der Waals surface area contributed by atoms with Crippen molar-refractivity contribution in [3.8, 4) is 40.6 Å². The zero-order valence-electron chi connectivity index (χ0n) is 71.8. The Morgan fingerprint density at radius 1 is 0.373 bits per heavy atom. The largest absolute Gasteiger partial charge is 1.00 e. The van der Waals surface area contributed by atoms with E-state index in [0.29, 0.717) is 55.8 Å². The monoisotopic (exact) mass is 1860 g/mol. The summed E-state index contributed by atoms with van der Waals surface area (Å²) in [6.45, 7) is 4.54. The van der Waals surface area contributed by atoms with Gasteiger partial charge >= 0.3 is 175 Å². The van der Waals surface area contributed by atoms with Gasteiger partial charge in [0.2, 0.25) is 11.0 Å².